The number of rotatable bonds is 6. The molecule has 1 aliphatic heterocycles. The number of anilines is 1. The molecule has 2 aromatic rings. The number of amides is 1. The Morgan fingerprint density at radius 1 is 1.19 bits per heavy atom. The molecule has 0 aromatic heterocycles. The molecule has 0 bridgehead atoms. The zero-order chi connectivity index (χ0) is 19.4. The van der Waals surface area contributed by atoms with Gasteiger partial charge in [-0.25, -0.2) is 4.39 Å². The van der Waals surface area contributed by atoms with E-state index in [1.165, 1.54) is 30.2 Å². The lowest BCUT2D eigenvalue weighted by Gasteiger charge is -2.19. The highest BCUT2D eigenvalue weighted by atomic mass is 19.1. The predicted octanol–water partition coefficient (Wildman–Crippen LogP) is 2.61. The minimum absolute atomic E-state index is 0.00889. The minimum Gasteiger partial charge on any atom is -0.495 e. The normalized spacial score (nSPS) is 16.3. The van der Waals surface area contributed by atoms with Gasteiger partial charge >= 0.3 is 5.97 Å². The molecule has 0 spiro atoms. The first-order valence-electron chi connectivity index (χ1n) is 8.38. The number of ether oxygens (including phenoxy) is 2. The topological polar surface area (TPSA) is 72.9 Å². The first-order valence-corrected chi connectivity index (χ1v) is 8.38. The molecule has 1 fully saturated rings. The number of ketones is 1. The van der Waals surface area contributed by atoms with Gasteiger partial charge in [-0.1, -0.05) is 24.3 Å². The first-order chi connectivity index (χ1) is 13.0. The average Bonchev–Trinajstić information content (AvgIpc) is 3.07. The van der Waals surface area contributed by atoms with Gasteiger partial charge in [0.25, 0.3) is 0 Å². The molecule has 0 N–H and O–H groups in total. The quantitative estimate of drug-likeness (QED) is 0.577. The Balaban J connectivity index is 1.61. The molecule has 1 aliphatic rings. The number of nitrogens with zero attached hydrogens (tertiary/aromatic N) is 1. The van der Waals surface area contributed by atoms with Gasteiger partial charge in [0.15, 0.2) is 12.4 Å². The lowest BCUT2D eigenvalue weighted by atomic mass is 10.1. The van der Waals surface area contributed by atoms with Crippen molar-refractivity contribution in [2.24, 2.45) is 5.92 Å². The Hall–Kier alpha value is -3.22. The molecule has 1 atom stereocenters. The van der Waals surface area contributed by atoms with Crippen molar-refractivity contribution >= 4 is 23.3 Å². The van der Waals surface area contributed by atoms with Crippen molar-refractivity contribution in [1.82, 2.24) is 0 Å². The van der Waals surface area contributed by atoms with Gasteiger partial charge in [-0.3, -0.25) is 14.4 Å². The van der Waals surface area contributed by atoms with Crippen LogP contribution < -0.4 is 9.64 Å². The second-order valence-corrected chi connectivity index (χ2v) is 6.12. The van der Waals surface area contributed by atoms with Crippen molar-refractivity contribution < 1.29 is 28.2 Å². The largest absolute Gasteiger partial charge is 0.495 e. The summed E-state index contributed by atoms with van der Waals surface area (Å²) in [7, 11) is 1.50. The molecule has 0 saturated carbocycles. The third-order valence-corrected chi connectivity index (χ3v) is 4.33. The van der Waals surface area contributed by atoms with Crippen LogP contribution in [0.15, 0.2) is 48.5 Å². The van der Waals surface area contributed by atoms with Crippen molar-refractivity contribution in [2.45, 2.75) is 6.42 Å². The maximum absolute atomic E-state index is 13.2. The number of methoxy groups -OCH3 is 1. The molecule has 2 aromatic carbocycles. The van der Waals surface area contributed by atoms with Crippen LogP contribution in [0.4, 0.5) is 10.1 Å². The second kappa shape index (κ2) is 7.99. The third kappa shape index (κ3) is 4.13. The van der Waals surface area contributed by atoms with Crippen LogP contribution in [-0.2, 0) is 14.3 Å². The van der Waals surface area contributed by atoms with Gasteiger partial charge in [-0.05, 0) is 24.3 Å². The zero-order valence-corrected chi connectivity index (χ0v) is 14.7. The number of hydrogen-bond acceptors (Lipinski definition) is 5. The van der Waals surface area contributed by atoms with Crippen LogP contribution in [-0.4, -0.2) is 37.9 Å². The predicted molar refractivity (Wildman–Crippen MR) is 95.1 cm³/mol. The van der Waals surface area contributed by atoms with E-state index < -0.39 is 30.1 Å². The molecule has 1 heterocycles. The van der Waals surface area contributed by atoms with Gasteiger partial charge in [0, 0.05) is 18.5 Å². The Morgan fingerprint density at radius 3 is 2.70 bits per heavy atom. The van der Waals surface area contributed by atoms with E-state index in [0.717, 1.165) is 6.07 Å². The van der Waals surface area contributed by atoms with Crippen LogP contribution >= 0.6 is 0 Å². The van der Waals surface area contributed by atoms with Gasteiger partial charge in [0.1, 0.15) is 11.6 Å². The summed E-state index contributed by atoms with van der Waals surface area (Å²) < 4.78 is 23.5. The Kier molecular flexibility index (Phi) is 5.49. The summed E-state index contributed by atoms with van der Waals surface area (Å²) in [6, 6.07) is 12.2. The van der Waals surface area contributed by atoms with Crippen LogP contribution in [0.25, 0.3) is 0 Å². The molecule has 7 heteroatoms. The van der Waals surface area contributed by atoms with Gasteiger partial charge < -0.3 is 14.4 Å². The highest BCUT2D eigenvalue weighted by Gasteiger charge is 2.37. The first kappa shape index (κ1) is 18.6. The molecule has 0 aliphatic carbocycles. The highest BCUT2D eigenvalue weighted by molar-refractivity contribution is 6.01. The number of para-hydroxylation sites is 2. The minimum atomic E-state index is -0.678. The SMILES string of the molecule is COc1ccccc1N1C[C@H](C(=O)OCC(=O)c2cccc(F)c2)CC1=O. The monoisotopic (exact) mass is 371 g/mol. The fourth-order valence-corrected chi connectivity index (χ4v) is 2.95. The summed E-state index contributed by atoms with van der Waals surface area (Å²) in [5.74, 6) is -2.05. The maximum Gasteiger partial charge on any atom is 0.311 e. The smallest absolute Gasteiger partial charge is 0.311 e. The zero-order valence-electron chi connectivity index (χ0n) is 14.7. The molecule has 140 valence electrons. The fourth-order valence-electron chi connectivity index (χ4n) is 2.95. The number of hydrogen-bond donors (Lipinski definition) is 0. The lowest BCUT2D eigenvalue weighted by molar-refractivity contribution is -0.147. The van der Waals surface area contributed by atoms with Crippen LogP contribution in [0.3, 0.4) is 0 Å². The number of benzene rings is 2. The van der Waals surface area contributed by atoms with Crippen LogP contribution in [0.5, 0.6) is 5.75 Å². The Bertz CT molecular complexity index is 882. The summed E-state index contributed by atoms with van der Waals surface area (Å²) in [4.78, 5) is 38.1. The van der Waals surface area contributed by atoms with Crippen LogP contribution in [0.1, 0.15) is 16.8 Å². The number of carbonyl (C=O) groups is 3. The van der Waals surface area contributed by atoms with Gasteiger partial charge in [0.2, 0.25) is 5.91 Å². The fraction of sp³-hybridized carbons (Fsp3) is 0.250. The molecule has 1 saturated heterocycles. The van der Waals surface area contributed by atoms with Crippen LogP contribution in [0.2, 0.25) is 0 Å². The number of halogens is 1. The summed E-state index contributed by atoms with van der Waals surface area (Å²) in [6.07, 6.45) is -0.00889. The van der Waals surface area contributed by atoms with E-state index in [1.54, 1.807) is 24.3 Å². The molecular formula is C20H18FNO5. The molecule has 1 amide bonds. The standard InChI is InChI=1S/C20H18FNO5/c1-26-18-8-3-2-7-16(18)22-11-14(10-19(22)24)20(25)27-12-17(23)13-5-4-6-15(21)9-13/h2-9,14H,10-12H2,1H3/t14-/m1/s1. The summed E-state index contributed by atoms with van der Waals surface area (Å²) in [5, 5.41) is 0. The van der Waals surface area contributed by atoms with E-state index in [9.17, 15) is 18.8 Å². The van der Waals surface area contributed by atoms with E-state index >= 15 is 0 Å². The van der Waals surface area contributed by atoms with Crippen molar-refractivity contribution in [3.8, 4) is 5.75 Å². The van der Waals surface area contributed by atoms with Crippen molar-refractivity contribution in [1.29, 1.82) is 0 Å². The highest BCUT2D eigenvalue weighted by Crippen LogP contribution is 2.33. The Morgan fingerprint density at radius 2 is 1.96 bits per heavy atom. The second-order valence-electron chi connectivity index (χ2n) is 6.12. The van der Waals surface area contributed by atoms with E-state index in [1.807, 2.05) is 0 Å². The molecule has 27 heavy (non-hydrogen) atoms. The summed E-state index contributed by atoms with van der Waals surface area (Å²) in [5.41, 5.74) is 0.706. The molecule has 3 rings (SSSR count). The van der Waals surface area contributed by atoms with Crippen LogP contribution in [0, 0.1) is 11.7 Å². The van der Waals surface area contributed by atoms with Crippen molar-refractivity contribution in [3.05, 3.63) is 59.9 Å². The molecular weight excluding hydrogens is 353 g/mol. The average molecular weight is 371 g/mol. The number of esters is 1. The van der Waals surface area contributed by atoms with Gasteiger partial charge in [-0.2, -0.15) is 0 Å². The van der Waals surface area contributed by atoms with Gasteiger partial charge in [0.05, 0.1) is 18.7 Å². The lowest BCUT2D eigenvalue weighted by Crippen LogP contribution is -2.27. The van der Waals surface area contributed by atoms with Crippen molar-refractivity contribution in [3.63, 3.8) is 0 Å². The summed E-state index contributed by atoms with van der Waals surface area (Å²) >= 11 is 0. The third-order valence-electron chi connectivity index (χ3n) is 4.33. The van der Waals surface area contributed by atoms with Gasteiger partial charge in [-0.15, -0.1) is 0 Å². The van der Waals surface area contributed by atoms with E-state index in [2.05, 4.69) is 0 Å². The van der Waals surface area contributed by atoms with E-state index in [0.29, 0.717) is 11.4 Å². The number of carbonyl (C=O) groups excluding carboxylic acids is 3. The molecule has 0 radical (unpaired) electrons. The molecule has 0 unspecified atom stereocenters. The van der Waals surface area contributed by atoms with E-state index in [-0.39, 0.29) is 24.4 Å². The number of Topliss-reactive ketones (excluding diaryl/α,β-unsaturated/α-hetero) is 1. The van der Waals surface area contributed by atoms with E-state index in [4.69, 9.17) is 9.47 Å². The summed E-state index contributed by atoms with van der Waals surface area (Å²) in [6.45, 7) is -0.353. The van der Waals surface area contributed by atoms with Crippen molar-refractivity contribution in [2.75, 3.05) is 25.2 Å². The Labute approximate surface area is 155 Å². The molecule has 6 nitrogen and oxygen atoms in total. The maximum atomic E-state index is 13.2.